The number of hydrogen-bond acceptors (Lipinski definition) is 7. The number of halogens is 1. The number of carbonyl (C=O) groups is 2. The topological polar surface area (TPSA) is 135 Å². The van der Waals surface area contributed by atoms with Crippen molar-refractivity contribution in [3.05, 3.63) is 83.9 Å². The smallest absolute Gasteiger partial charge is 0.335 e. The van der Waals surface area contributed by atoms with E-state index < -0.39 is 11.8 Å². The highest BCUT2D eigenvalue weighted by molar-refractivity contribution is 8.14. The summed E-state index contributed by atoms with van der Waals surface area (Å²) in [6, 6.07) is 13.9. The van der Waals surface area contributed by atoms with Crippen LogP contribution in [0.25, 0.3) is 11.1 Å². The van der Waals surface area contributed by atoms with E-state index in [4.69, 9.17) is 16.8 Å². The summed E-state index contributed by atoms with van der Waals surface area (Å²) in [4.78, 5) is 27.3. The van der Waals surface area contributed by atoms with Crippen molar-refractivity contribution in [1.29, 1.82) is 0 Å². The second-order valence-corrected chi connectivity index (χ2v) is 7.26. The molecule has 0 spiro atoms. The minimum atomic E-state index is -1.05. The molecule has 0 saturated heterocycles. The maximum absolute atomic E-state index is 13.3. The van der Waals surface area contributed by atoms with Crippen LogP contribution in [0.3, 0.4) is 0 Å². The number of nitrogens with zero attached hydrogens (tertiary/aromatic N) is 3. The zero-order chi connectivity index (χ0) is 22.4. The highest BCUT2D eigenvalue weighted by Gasteiger charge is 2.15. The number of nitrogens with two attached hydrogens (primary N) is 2. The van der Waals surface area contributed by atoms with Gasteiger partial charge in [0.15, 0.2) is 5.78 Å². The van der Waals surface area contributed by atoms with Gasteiger partial charge in [0.05, 0.1) is 23.2 Å². The largest absolute Gasteiger partial charge is 0.478 e. The van der Waals surface area contributed by atoms with Crippen LogP contribution in [-0.2, 0) is 0 Å². The van der Waals surface area contributed by atoms with Crippen molar-refractivity contribution in [3.63, 3.8) is 0 Å². The quantitative estimate of drug-likeness (QED) is 0.175. The molecule has 0 amide bonds. The Hall–Kier alpha value is -3.76. The van der Waals surface area contributed by atoms with Crippen molar-refractivity contribution in [1.82, 2.24) is 4.98 Å². The summed E-state index contributed by atoms with van der Waals surface area (Å²) in [5.74, 6) is 9.78. The van der Waals surface area contributed by atoms with E-state index in [-0.39, 0.29) is 22.3 Å². The first-order valence-corrected chi connectivity index (χ1v) is 9.90. The number of carboxylic acids is 1. The van der Waals surface area contributed by atoms with Crippen LogP contribution in [0, 0.1) is 5.82 Å². The van der Waals surface area contributed by atoms with Gasteiger partial charge in [-0.15, -0.1) is 0 Å². The molecule has 0 aliphatic rings. The van der Waals surface area contributed by atoms with Crippen molar-refractivity contribution < 1.29 is 19.1 Å². The number of pyridine rings is 1. The molecule has 0 radical (unpaired) electrons. The standard InChI is InChI=1S/C21H18FN5O3S/c22-17-9-16(10-25-11-17)13-1-3-14(4-2-13)19(28)12-31-21(26-23)27(24)18-7-5-15(6-8-18)20(29)30/h1-11H,12,23-24H2,(H,29,30)/b26-21+. The third kappa shape index (κ3) is 5.44. The van der Waals surface area contributed by atoms with E-state index in [1.54, 1.807) is 30.5 Å². The van der Waals surface area contributed by atoms with Crippen molar-refractivity contribution in [2.24, 2.45) is 16.8 Å². The number of aromatic nitrogens is 1. The molecule has 0 aliphatic carbocycles. The van der Waals surface area contributed by atoms with Crippen molar-refractivity contribution >= 4 is 34.4 Å². The number of carbonyl (C=O) groups excluding carboxylic acids is 1. The number of hydrazine groups is 1. The summed E-state index contributed by atoms with van der Waals surface area (Å²) < 4.78 is 13.3. The molecule has 3 aromatic rings. The highest BCUT2D eigenvalue weighted by atomic mass is 32.2. The molecule has 0 fully saturated rings. The van der Waals surface area contributed by atoms with Gasteiger partial charge in [-0.05, 0) is 35.9 Å². The molecular weight excluding hydrogens is 421 g/mol. The Morgan fingerprint density at radius 2 is 1.68 bits per heavy atom. The molecule has 3 rings (SSSR count). The van der Waals surface area contributed by atoms with Gasteiger partial charge in [-0.2, -0.15) is 5.10 Å². The van der Waals surface area contributed by atoms with E-state index in [1.165, 1.54) is 35.3 Å². The third-order valence-electron chi connectivity index (χ3n) is 4.29. The Kier molecular flexibility index (Phi) is 6.96. The predicted molar refractivity (Wildman–Crippen MR) is 118 cm³/mol. The maximum atomic E-state index is 13.3. The molecule has 1 aromatic heterocycles. The lowest BCUT2D eigenvalue weighted by atomic mass is 10.0. The molecule has 0 unspecified atom stereocenters. The lowest BCUT2D eigenvalue weighted by Crippen LogP contribution is -2.37. The van der Waals surface area contributed by atoms with Crippen LogP contribution >= 0.6 is 11.8 Å². The molecule has 158 valence electrons. The maximum Gasteiger partial charge on any atom is 0.335 e. The number of benzene rings is 2. The van der Waals surface area contributed by atoms with Gasteiger partial charge >= 0.3 is 5.97 Å². The molecule has 0 bridgehead atoms. The minimum Gasteiger partial charge on any atom is -0.478 e. The van der Waals surface area contributed by atoms with Gasteiger partial charge in [0, 0.05) is 17.3 Å². The fraction of sp³-hybridized carbons (Fsp3) is 0.0476. The van der Waals surface area contributed by atoms with Crippen LogP contribution < -0.4 is 16.7 Å². The predicted octanol–water partition coefficient (Wildman–Crippen LogP) is 3.11. The SMILES string of the molecule is N/N=C(/SCC(=O)c1ccc(-c2cncc(F)c2)cc1)N(N)c1ccc(C(=O)O)cc1. The number of rotatable bonds is 6. The molecule has 2 aromatic carbocycles. The van der Waals surface area contributed by atoms with Crippen molar-refractivity contribution in [2.75, 3.05) is 10.8 Å². The third-order valence-corrected chi connectivity index (χ3v) is 5.25. The van der Waals surface area contributed by atoms with E-state index in [0.29, 0.717) is 16.8 Å². The number of Topliss-reactive ketones (excluding diaryl/α,β-unsaturated/α-hetero) is 1. The molecule has 31 heavy (non-hydrogen) atoms. The molecular formula is C21H18FN5O3S. The molecule has 0 saturated carbocycles. The van der Waals surface area contributed by atoms with E-state index in [2.05, 4.69) is 10.1 Å². The Labute approximate surface area is 181 Å². The van der Waals surface area contributed by atoms with Gasteiger partial charge in [0.1, 0.15) is 5.82 Å². The summed E-state index contributed by atoms with van der Waals surface area (Å²) in [6.45, 7) is 0. The van der Waals surface area contributed by atoms with E-state index in [1.807, 2.05) is 0 Å². The number of thioether (sulfide) groups is 1. The number of hydrazone groups is 1. The normalized spacial score (nSPS) is 11.2. The van der Waals surface area contributed by atoms with Crippen molar-refractivity contribution in [3.8, 4) is 11.1 Å². The number of amidine groups is 1. The Balaban J connectivity index is 1.63. The van der Waals surface area contributed by atoms with Gasteiger partial charge in [0.2, 0.25) is 5.17 Å². The van der Waals surface area contributed by atoms with E-state index in [0.717, 1.165) is 23.5 Å². The van der Waals surface area contributed by atoms with Crippen LogP contribution in [0.5, 0.6) is 0 Å². The number of anilines is 1. The number of aromatic carboxylic acids is 1. The van der Waals surface area contributed by atoms with Crippen LogP contribution in [0.1, 0.15) is 20.7 Å². The van der Waals surface area contributed by atoms with Gasteiger partial charge < -0.3 is 10.9 Å². The van der Waals surface area contributed by atoms with E-state index in [9.17, 15) is 14.0 Å². The summed E-state index contributed by atoms with van der Waals surface area (Å²) in [5.41, 5.74) is 2.38. The zero-order valence-electron chi connectivity index (χ0n) is 16.1. The van der Waals surface area contributed by atoms with Gasteiger partial charge in [0.25, 0.3) is 0 Å². The number of carboxylic acid groups (broad SMARTS) is 1. The first kappa shape index (κ1) is 21.9. The average Bonchev–Trinajstić information content (AvgIpc) is 2.79. The molecule has 0 aliphatic heterocycles. The first-order chi connectivity index (χ1) is 14.9. The summed E-state index contributed by atoms with van der Waals surface area (Å²) in [5, 5.41) is 13.9. The highest BCUT2D eigenvalue weighted by Crippen LogP contribution is 2.21. The molecule has 1 heterocycles. The van der Waals surface area contributed by atoms with Crippen LogP contribution in [-0.4, -0.2) is 32.8 Å². The monoisotopic (exact) mass is 439 g/mol. The second-order valence-electron chi connectivity index (χ2n) is 6.31. The average molecular weight is 439 g/mol. The first-order valence-electron chi connectivity index (χ1n) is 8.92. The number of hydrogen-bond donors (Lipinski definition) is 3. The Morgan fingerprint density at radius 1 is 1.03 bits per heavy atom. The summed E-state index contributed by atoms with van der Waals surface area (Å²) in [6.07, 6.45) is 2.66. The molecule has 5 N–H and O–H groups in total. The second kappa shape index (κ2) is 9.83. The van der Waals surface area contributed by atoms with Crippen LogP contribution in [0.2, 0.25) is 0 Å². The lowest BCUT2D eigenvalue weighted by molar-refractivity contribution is 0.0696. The fourth-order valence-corrected chi connectivity index (χ4v) is 3.42. The fourth-order valence-electron chi connectivity index (χ4n) is 2.68. The Morgan fingerprint density at radius 3 is 2.26 bits per heavy atom. The van der Waals surface area contributed by atoms with Gasteiger partial charge in [-0.1, -0.05) is 36.0 Å². The Bertz CT molecular complexity index is 1120. The number of ketones is 1. The van der Waals surface area contributed by atoms with Crippen LogP contribution in [0.15, 0.2) is 72.1 Å². The summed E-state index contributed by atoms with van der Waals surface area (Å²) >= 11 is 1.04. The van der Waals surface area contributed by atoms with E-state index >= 15 is 0 Å². The lowest BCUT2D eigenvalue weighted by Gasteiger charge is -2.19. The van der Waals surface area contributed by atoms with Crippen LogP contribution in [0.4, 0.5) is 10.1 Å². The summed E-state index contributed by atoms with van der Waals surface area (Å²) in [7, 11) is 0. The molecule has 10 heteroatoms. The zero-order valence-corrected chi connectivity index (χ0v) is 16.9. The molecule has 8 nitrogen and oxygen atoms in total. The molecule has 0 atom stereocenters. The van der Waals surface area contributed by atoms with Gasteiger partial charge in [-0.3, -0.25) is 14.8 Å². The van der Waals surface area contributed by atoms with Crippen molar-refractivity contribution in [2.45, 2.75) is 0 Å². The minimum absolute atomic E-state index is 0.0256. The van der Waals surface area contributed by atoms with Gasteiger partial charge in [-0.25, -0.2) is 15.0 Å².